The summed E-state index contributed by atoms with van der Waals surface area (Å²) in [6.07, 6.45) is -0.259. The lowest BCUT2D eigenvalue weighted by molar-refractivity contribution is -0.121. The van der Waals surface area contributed by atoms with Crippen molar-refractivity contribution in [3.63, 3.8) is 0 Å². The molecule has 3 aromatic rings. The minimum Gasteiger partial charge on any atom is -0.497 e. The number of fused-ring (bicyclic) bond motifs is 1. The zero-order valence-corrected chi connectivity index (χ0v) is 16.9. The van der Waals surface area contributed by atoms with E-state index in [1.54, 1.807) is 14.2 Å². The number of methoxy groups -OCH3 is 1. The van der Waals surface area contributed by atoms with Crippen LogP contribution in [0, 0.1) is 6.92 Å². The van der Waals surface area contributed by atoms with Gasteiger partial charge in [-0.05, 0) is 49.9 Å². The molecule has 1 unspecified atom stereocenters. The predicted molar refractivity (Wildman–Crippen MR) is 111 cm³/mol. The monoisotopic (exact) mass is 379 g/mol. The minimum absolute atomic E-state index is 0.151. The third-order valence-corrected chi connectivity index (χ3v) is 4.79. The van der Waals surface area contributed by atoms with Gasteiger partial charge in [-0.1, -0.05) is 29.8 Å². The van der Waals surface area contributed by atoms with Crippen LogP contribution in [0.25, 0.3) is 21.9 Å². The van der Waals surface area contributed by atoms with Crippen molar-refractivity contribution in [1.29, 1.82) is 0 Å². The molecule has 0 amide bonds. The van der Waals surface area contributed by atoms with Crippen LogP contribution in [0.2, 0.25) is 0 Å². The molecule has 1 heterocycles. The van der Waals surface area contributed by atoms with Gasteiger partial charge in [-0.15, -0.1) is 0 Å². The summed E-state index contributed by atoms with van der Waals surface area (Å²) in [6, 6.07) is 13.3. The van der Waals surface area contributed by atoms with E-state index >= 15 is 0 Å². The first-order valence-corrected chi connectivity index (χ1v) is 9.25. The summed E-state index contributed by atoms with van der Waals surface area (Å²) >= 11 is 0. The van der Waals surface area contributed by atoms with Crippen molar-refractivity contribution in [3.05, 3.63) is 64.1 Å². The molecule has 5 nitrogen and oxygen atoms in total. The highest BCUT2D eigenvalue weighted by molar-refractivity contribution is 5.98. The number of aryl methyl sites for hydroxylation is 1. The molecule has 28 heavy (non-hydrogen) atoms. The van der Waals surface area contributed by atoms with E-state index in [-0.39, 0.29) is 11.7 Å². The van der Waals surface area contributed by atoms with Crippen molar-refractivity contribution in [2.75, 3.05) is 7.11 Å². The molecule has 1 atom stereocenters. The number of ether oxygens (including phenoxy) is 2. The van der Waals surface area contributed by atoms with Gasteiger partial charge in [-0.3, -0.25) is 4.79 Å². The van der Waals surface area contributed by atoms with E-state index < -0.39 is 6.10 Å². The number of aromatic nitrogens is 1. The van der Waals surface area contributed by atoms with Crippen LogP contribution in [0.15, 0.2) is 47.3 Å². The lowest BCUT2D eigenvalue weighted by Crippen LogP contribution is -2.26. The third kappa shape index (κ3) is 3.58. The summed E-state index contributed by atoms with van der Waals surface area (Å²) in [7, 11) is 3.30. The third-order valence-electron chi connectivity index (χ3n) is 4.79. The zero-order chi connectivity index (χ0) is 20.4. The van der Waals surface area contributed by atoms with Crippen molar-refractivity contribution in [1.82, 2.24) is 4.57 Å². The lowest BCUT2D eigenvalue weighted by Gasteiger charge is -2.23. The smallest absolute Gasteiger partial charge is 0.258 e. The lowest BCUT2D eigenvalue weighted by atomic mass is 9.93. The van der Waals surface area contributed by atoms with Gasteiger partial charge in [-0.2, -0.15) is 0 Å². The predicted octanol–water partition coefficient (Wildman–Crippen LogP) is 4.19. The van der Waals surface area contributed by atoms with Gasteiger partial charge in [0.1, 0.15) is 5.75 Å². The molecule has 0 N–H and O–H groups in total. The summed E-state index contributed by atoms with van der Waals surface area (Å²) in [6.45, 7) is 5.72. The first kappa shape index (κ1) is 19.8. The fraction of sp³-hybridized carbons (Fsp3) is 0.304. The molecule has 0 aliphatic rings. The topological polar surface area (TPSA) is 57.5 Å². The average molecular weight is 379 g/mol. The molecule has 1 aromatic heterocycles. The Balaban J connectivity index is 2.43. The van der Waals surface area contributed by atoms with E-state index in [0.717, 1.165) is 34.1 Å². The van der Waals surface area contributed by atoms with Crippen LogP contribution < -0.4 is 10.3 Å². The summed E-state index contributed by atoms with van der Waals surface area (Å²) in [5.74, 6) is 0.737. The maximum absolute atomic E-state index is 13.0. The molecule has 3 rings (SSSR count). The molecule has 0 aliphatic heterocycles. The first-order valence-electron chi connectivity index (χ1n) is 9.25. The number of nitrogens with zero attached hydrogens (tertiary/aromatic N) is 1. The van der Waals surface area contributed by atoms with Crippen LogP contribution in [0.4, 0.5) is 0 Å². The van der Waals surface area contributed by atoms with E-state index in [0.29, 0.717) is 11.1 Å². The summed E-state index contributed by atoms with van der Waals surface area (Å²) < 4.78 is 12.7. The number of carbonyl (C=O) groups is 1. The molecule has 146 valence electrons. The minimum atomic E-state index is -0.847. The second-order valence-corrected chi connectivity index (χ2v) is 7.14. The Labute approximate surface area is 164 Å². The van der Waals surface area contributed by atoms with Gasteiger partial charge in [0.2, 0.25) is 0 Å². The number of hydrogen-bond donors (Lipinski definition) is 0. The van der Waals surface area contributed by atoms with Gasteiger partial charge < -0.3 is 18.8 Å². The number of carbonyl (C=O) groups excluding carboxylic acids is 1. The first-order chi connectivity index (χ1) is 13.4. The quantitative estimate of drug-likeness (QED) is 0.603. The molecule has 0 fully saturated rings. The Hall–Kier alpha value is -2.92. The number of aldehydes is 1. The van der Waals surface area contributed by atoms with Crippen LogP contribution in [-0.4, -0.2) is 24.1 Å². The highest BCUT2D eigenvalue weighted by atomic mass is 16.5. The zero-order valence-electron chi connectivity index (χ0n) is 16.9. The largest absolute Gasteiger partial charge is 0.497 e. The van der Waals surface area contributed by atoms with Gasteiger partial charge in [0.05, 0.1) is 18.9 Å². The number of benzene rings is 2. The van der Waals surface area contributed by atoms with Crippen molar-refractivity contribution in [2.24, 2.45) is 7.05 Å². The Bertz CT molecular complexity index is 1060. The van der Waals surface area contributed by atoms with Crippen LogP contribution in [0.1, 0.15) is 31.2 Å². The van der Waals surface area contributed by atoms with E-state index in [4.69, 9.17) is 9.47 Å². The van der Waals surface area contributed by atoms with Crippen LogP contribution in [0.5, 0.6) is 5.75 Å². The maximum atomic E-state index is 13.0. The molecule has 2 aromatic carbocycles. The fourth-order valence-corrected chi connectivity index (χ4v) is 3.50. The Morgan fingerprint density at radius 1 is 1.04 bits per heavy atom. The van der Waals surface area contributed by atoms with Crippen molar-refractivity contribution in [3.8, 4) is 16.9 Å². The Kier molecular flexibility index (Phi) is 5.66. The second kappa shape index (κ2) is 7.98. The highest BCUT2D eigenvalue weighted by Gasteiger charge is 2.24. The highest BCUT2D eigenvalue weighted by Crippen LogP contribution is 2.36. The number of rotatable bonds is 6. The molecule has 0 saturated heterocycles. The van der Waals surface area contributed by atoms with Gasteiger partial charge in [0, 0.05) is 18.0 Å². The Morgan fingerprint density at radius 2 is 1.71 bits per heavy atom. The van der Waals surface area contributed by atoms with Gasteiger partial charge in [0.15, 0.2) is 12.4 Å². The SMILES string of the molecule is COc1ccc(-c2c(C(C=O)OC(C)C)n(C)c(=O)c3ccc(C)cc23)cc1. The number of hydrogen-bond acceptors (Lipinski definition) is 4. The maximum Gasteiger partial charge on any atom is 0.258 e. The number of pyridine rings is 1. The van der Waals surface area contributed by atoms with Crippen molar-refractivity contribution >= 4 is 17.1 Å². The summed E-state index contributed by atoms with van der Waals surface area (Å²) in [4.78, 5) is 25.0. The summed E-state index contributed by atoms with van der Waals surface area (Å²) in [5, 5.41) is 1.42. The van der Waals surface area contributed by atoms with Crippen LogP contribution >= 0.6 is 0 Å². The molecule has 5 heteroatoms. The molecule has 0 saturated carbocycles. The van der Waals surface area contributed by atoms with Crippen LogP contribution in [0.3, 0.4) is 0 Å². The second-order valence-electron chi connectivity index (χ2n) is 7.14. The van der Waals surface area contributed by atoms with Gasteiger partial charge in [0.25, 0.3) is 5.56 Å². The molecule has 0 aliphatic carbocycles. The van der Waals surface area contributed by atoms with Gasteiger partial charge in [-0.25, -0.2) is 0 Å². The van der Waals surface area contributed by atoms with E-state index in [1.807, 2.05) is 63.2 Å². The van der Waals surface area contributed by atoms with E-state index in [1.165, 1.54) is 4.57 Å². The molecular weight excluding hydrogens is 354 g/mol. The Morgan fingerprint density at radius 3 is 2.29 bits per heavy atom. The van der Waals surface area contributed by atoms with Gasteiger partial charge >= 0.3 is 0 Å². The molecular formula is C23H25NO4. The molecule has 0 radical (unpaired) electrons. The average Bonchev–Trinajstić information content (AvgIpc) is 2.68. The standard InChI is InChI=1S/C23H25NO4/c1-14(2)28-20(13-25)22-21(16-7-9-17(27-5)10-8-16)19-12-15(3)6-11-18(19)23(26)24(22)4/h6-14,20H,1-5H3. The van der Waals surface area contributed by atoms with Crippen LogP contribution in [-0.2, 0) is 16.6 Å². The van der Waals surface area contributed by atoms with E-state index in [9.17, 15) is 9.59 Å². The van der Waals surface area contributed by atoms with E-state index in [2.05, 4.69) is 0 Å². The summed E-state index contributed by atoms with van der Waals surface area (Å²) in [5.41, 5.74) is 3.15. The molecule has 0 spiro atoms. The van der Waals surface area contributed by atoms with Crippen molar-refractivity contribution < 1.29 is 14.3 Å². The normalized spacial score (nSPS) is 12.4. The fourth-order valence-electron chi connectivity index (χ4n) is 3.50. The van der Waals surface area contributed by atoms with Crippen molar-refractivity contribution in [2.45, 2.75) is 33.0 Å². The molecule has 0 bridgehead atoms.